The van der Waals surface area contributed by atoms with E-state index in [4.69, 9.17) is 19.9 Å². The van der Waals surface area contributed by atoms with Crippen molar-refractivity contribution in [1.29, 1.82) is 0 Å². The second-order valence-corrected chi connectivity index (χ2v) is 8.96. The number of H-pyrrole nitrogens is 1. The number of nitrogens with two attached hydrogens (primary N) is 1. The van der Waals surface area contributed by atoms with Crippen LogP contribution >= 0.6 is 0 Å². The maximum absolute atomic E-state index is 12.4. The first-order valence-corrected chi connectivity index (χ1v) is 13.6. The summed E-state index contributed by atoms with van der Waals surface area (Å²) in [5, 5.41) is 8.78. The number of rotatable bonds is 19. The van der Waals surface area contributed by atoms with Gasteiger partial charge in [0.15, 0.2) is 11.2 Å². The van der Waals surface area contributed by atoms with Gasteiger partial charge in [-0.15, -0.1) is 0 Å². The Bertz CT molecular complexity index is 1300. The smallest absolute Gasteiger partial charge is 0.280 e. The van der Waals surface area contributed by atoms with E-state index in [1.807, 2.05) is 0 Å². The van der Waals surface area contributed by atoms with Gasteiger partial charge in [0.2, 0.25) is 11.9 Å². The Hall–Kier alpha value is -4.14. The molecule has 14 heteroatoms. The number of aromatic nitrogens is 4. The first kappa shape index (κ1) is 31.4. The molecule has 0 unspecified atom stereocenters. The van der Waals surface area contributed by atoms with E-state index in [0.29, 0.717) is 76.8 Å². The van der Waals surface area contributed by atoms with E-state index in [-0.39, 0.29) is 28.9 Å². The predicted octanol–water partition coefficient (Wildman–Crippen LogP) is 0.993. The van der Waals surface area contributed by atoms with E-state index in [2.05, 4.69) is 42.8 Å². The molecule has 0 aliphatic heterocycles. The minimum absolute atomic E-state index is 0.0172. The molecule has 3 aromatic rings. The van der Waals surface area contributed by atoms with Gasteiger partial charge in [0.1, 0.15) is 0 Å². The quantitative estimate of drug-likeness (QED) is 0.129. The van der Waals surface area contributed by atoms with Crippen molar-refractivity contribution in [3.63, 3.8) is 0 Å². The fourth-order valence-electron chi connectivity index (χ4n) is 3.58. The van der Waals surface area contributed by atoms with Crippen LogP contribution in [0.2, 0.25) is 0 Å². The number of nitrogens with one attached hydrogen (secondary N) is 4. The van der Waals surface area contributed by atoms with Gasteiger partial charge in [-0.05, 0) is 37.1 Å². The lowest BCUT2D eigenvalue weighted by molar-refractivity contribution is -0.121. The van der Waals surface area contributed by atoms with E-state index in [0.717, 1.165) is 18.7 Å². The molecule has 1 aromatic carbocycles. The zero-order valence-electron chi connectivity index (χ0n) is 23.2. The van der Waals surface area contributed by atoms with Gasteiger partial charge >= 0.3 is 0 Å². The van der Waals surface area contributed by atoms with Crippen molar-refractivity contribution in [2.45, 2.75) is 32.7 Å². The summed E-state index contributed by atoms with van der Waals surface area (Å²) in [5.74, 6) is -0.337. The number of carbonyl (C=O) groups is 2. The molecule has 0 saturated heterocycles. The van der Waals surface area contributed by atoms with Crippen LogP contribution < -0.4 is 27.2 Å². The first-order valence-electron chi connectivity index (χ1n) is 13.6. The van der Waals surface area contributed by atoms with Crippen LogP contribution in [-0.2, 0) is 25.5 Å². The minimum Gasteiger partial charge on any atom is -0.379 e. The summed E-state index contributed by atoms with van der Waals surface area (Å²) in [7, 11) is 0. The number of carbonyl (C=O) groups excluding carboxylic acids is 2. The maximum atomic E-state index is 12.4. The zero-order valence-corrected chi connectivity index (χ0v) is 23.2. The Balaban J connectivity index is 1.25. The Morgan fingerprint density at radius 2 is 1.63 bits per heavy atom. The number of benzene rings is 1. The van der Waals surface area contributed by atoms with Crippen molar-refractivity contribution < 1.29 is 23.8 Å². The van der Waals surface area contributed by atoms with Crippen LogP contribution in [0.15, 0.2) is 35.3 Å². The van der Waals surface area contributed by atoms with Crippen LogP contribution in [-0.4, -0.2) is 84.5 Å². The van der Waals surface area contributed by atoms with Gasteiger partial charge in [-0.1, -0.05) is 6.92 Å². The summed E-state index contributed by atoms with van der Waals surface area (Å²) < 4.78 is 16.1. The third-order valence-electron chi connectivity index (χ3n) is 5.63. The SMILES string of the molecule is CCCOCCOCCOCCNC(=O)CCCNC(=O)c1ccc(NCc2cnc3nc(N)[nH]c(=O)c3n2)cc1. The van der Waals surface area contributed by atoms with Crippen molar-refractivity contribution in [1.82, 2.24) is 30.6 Å². The molecule has 0 aliphatic rings. The highest BCUT2D eigenvalue weighted by molar-refractivity contribution is 5.94. The number of fused-ring (bicyclic) bond motifs is 1. The Labute approximate surface area is 237 Å². The molecule has 14 nitrogen and oxygen atoms in total. The predicted molar refractivity (Wildman–Crippen MR) is 153 cm³/mol. The summed E-state index contributed by atoms with van der Waals surface area (Å²) >= 11 is 0. The number of anilines is 2. The maximum Gasteiger partial charge on any atom is 0.280 e. The molecule has 2 amide bonds. The van der Waals surface area contributed by atoms with Crippen molar-refractivity contribution in [2.75, 3.05) is 63.8 Å². The molecule has 0 aliphatic carbocycles. The van der Waals surface area contributed by atoms with Crippen molar-refractivity contribution in [3.8, 4) is 0 Å². The Morgan fingerprint density at radius 3 is 2.37 bits per heavy atom. The fourth-order valence-corrected chi connectivity index (χ4v) is 3.58. The average molecular weight is 571 g/mol. The summed E-state index contributed by atoms with van der Waals surface area (Å²) in [6.45, 7) is 6.39. The Morgan fingerprint density at radius 1 is 0.927 bits per heavy atom. The van der Waals surface area contributed by atoms with Gasteiger partial charge in [-0.2, -0.15) is 4.98 Å². The van der Waals surface area contributed by atoms with Crippen molar-refractivity contribution >= 4 is 34.6 Å². The van der Waals surface area contributed by atoms with Gasteiger partial charge in [0, 0.05) is 37.4 Å². The van der Waals surface area contributed by atoms with Gasteiger partial charge in [-0.3, -0.25) is 19.4 Å². The molecule has 222 valence electrons. The topological polar surface area (TPSA) is 195 Å². The second kappa shape index (κ2) is 17.5. The monoisotopic (exact) mass is 570 g/mol. The number of hydrogen-bond acceptors (Lipinski definition) is 11. The highest BCUT2D eigenvalue weighted by Gasteiger charge is 2.08. The summed E-state index contributed by atoms with van der Waals surface area (Å²) in [6, 6.07) is 6.92. The van der Waals surface area contributed by atoms with Crippen molar-refractivity contribution in [3.05, 3.63) is 52.1 Å². The van der Waals surface area contributed by atoms with Crippen LogP contribution in [0.5, 0.6) is 0 Å². The standard InChI is InChI=1S/C27H38N8O6/c1-2-11-39-13-15-41-16-14-40-12-10-29-22(36)4-3-9-30-25(37)19-5-7-20(8-6-19)31-17-21-18-32-24-23(33-21)26(38)35-27(28)34-24/h5-8,18,31H,2-4,9-17H2,1H3,(H,29,36)(H,30,37)(H3,28,32,34,35,38). The molecule has 0 saturated carbocycles. The van der Waals surface area contributed by atoms with Crippen LogP contribution in [0.25, 0.3) is 11.2 Å². The molecule has 0 bridgehead atoms. The summed E-state index contributed by atoms with van der Waals surface area (Å²) in [5.41, 5.74) is 7.16. The number of amides is 2. The molecule has 41 heavy (non-hydrogen) atoms. The molecule has 2 heterocycles. The largest absolute Gasteiger partial charge is 0.379 e. The number of hydrogen-bond donors (Lipinski definition) is 5. The van der Waals surface area contributed by atoms with E-state index < -0.39 is 5.56 Å². The minimum atomic E-state index is -0.454. The van der Waals surface area contributed by atoms with Crippen LogP contribution in [0.3, 0.4) is 0 Å². The lowest BCUT2D eigenvalue weighted by Gasteiger charge is -2.09. The molecule has 0 spiro atoms. The first-order chi connectivity index (χ1) is 20.0. The van der Waals surface area contributed by atoms with E-state index >= 15 is 0 Å². The van der Waals surface area contributed by atoms with E-state index in [9.17, 15) is 14.4 Å². The fraction of sp³-hybridized carbons (Fsp3) is 0.481. The van der Waals surface area contributed by atoms with Crippen LogP contribution in [0.4, 0.5) is 11.6 Å². The van der Waals surface area contributed by atoms with Gasteiger partial charge in [0.25, 0.3) is 11.5 Å². The summed E-state index contributed by atoms with van der Waals surface area (Å²) in [6.07, 6.45) is 3.33. The summed E-state index contributed by atoms with van der Waals surface area (Å²) in [4.78, 5) is 51.1. The lowest BCUT2D eigenvalue weighted by atomic mass is 10.2. The molecule has 6 N–H and O–H groups in total. The average Bonchev–Trinajstić information content (AvgIpc) is 2.97. The van der Waals surface area contributed by atoms with Crippen molar-refractivity contribution in [2.24, 2.45) is 0 Å². The normalized spacial score (nSPS) is 11.0. The van der Waals surface area contributed by atoms with E-state index in [1.165, 1.54) is 6.20 Å². The molecular formula is C27H38N8O6. The number of aromatic amines is 1. The number of nitrogens with zero attached hydrogens (tertiary/aromatic N) is 3. The molecular weight excluding hydrogens is 532 g/mol. The lowest BCUT2D eigenvalue weighted by Crippen LogP contribution is -2.29. The van der Waals surface area contributed by atoms with Gasteiger partial charge in [0.05, 0.1) is 51.5 Å². The van der Waals surface area contributed by atoms with Gasteiger partial charge < -0.3 is 35.9 Å². The van der Waals surface area contributed by atoms with Crippen LogP contribution in [0.1, 0.15) is 42.2 Å². The third kappa shape index (κ3) is 11.5. The second-order valence-electron chi connectivity index (χ2n) is 8.96. The molecule has 0 atom stereocenters. The third-order valence-corrected chi connectivity index (χ3v) is 5.63. The highest BCUT2D eigenvalue weighted by atomic mass is 16.5. The van der Waals surface area contributed by atoms with Gasteiger partial charge in [-0.25, -0.2) is 9.97 Å². The number of nitrogen functional groups attached to an aromatic ring is 1. The van der Waals surface area contributed by atoms with E-state index in [1.54, 1.807) is 24.3 Å². The number of ether oxygens (including phenoxy) is 3. The molecule has 2 aromatic heterocycles. The highest BCUT2D eigenvalue weighted by Crippen LogP contribution is 2.11. The molecule has 0 radical (unpaired) electrons. The molecule has 0 fully saturated rings. The van der Waals surface area contributed by atoms with Crippen LogP contribution in [0, 0.1) is 0 Å². The zero-order chi connectivity index (χ0) is 29.3. The Kier molecular flexibility index (Phi) is 13.4. The molecule has 3 rings (SSSR count).